The molecule has 1 heterocycles. The van der Waals surface area contributed by atoms with Crippen LogP contribution in [0.15, 0.2) is 36.5 Å². The van der Waals surface area contributed by atoms with E-state index in [0.29, 0.717) is 13.2 Å². The number of rotatable bonds is 5. The molecule has 2 rings (SSSR count). The van der Waals surface area contributed by atoms with Gasteiger partial charge in [-0.3, -0.25) is 0 Å². The number of nitrogens with one attached hydrogen (secondary N) is 1. The van der Waals surface area contributed by atoms with Crippen molar-refractivity contribution in [2.24, 2.45) is 0 Å². The lowest BCUT2D eigenvalue weighted by atomic mass is 10.3. The summed E-state index contributed by atoms with van der Waals surface area (Å²) in [6, 6.07) is 9.79. The van der Waals surface area contributed by atoms with Crippen LogP contribution in [0.1, 0.15) is 12.6 Å². The minimum absolute atomic E-state index is 0.556. The Morgan fingerprint density at radius 2 is 2.12 bits per heavy atom. The third-order valence-electron chi connectivity index (χ3n) is 2.03. The zero-order chi connectivity index (χ0) is 11.2. The van der Waals surface area contributed by atoms with Gasteiger partial charge in [-0.05, 0) is 19.1 Å². The van der Waals surface area contributed by atoms with Gasteiger partial charge in [0.05, 0.1) is 30.7 Å². The topological polar surface area (TPSA) is 52.0 Å². The predicted octanol–water partition coefficient (Wildman–Crippen LogP) is 1.31. The molecule has 2 aromatic rings. The van der Waals surface area contributed by atoms with Crippen LogP contribution in [0.3, 0.4) is 0 Å². The number of para-hydroxylation sites is 1. The van der Waals surface area contributed by atoms with Crippen molar-refractivity contribution in [2.75, 3.05) is 6.61 Å². The van der Waals surface area contributed by atoms with E-state index in [-0.39, 0.29) is 0 Å². The molecule has 5 heteroatoms. The number of hydrogen-bond acceptors (Lipinski definition) is 4. The van der Waals surface area contributed by atoms with Gasteiger partial charge < -0.3 is 4.84 Å². The number of benzene rings is 1. The Morgan fingerprint density at radius 3 is 2.88 bits per heavy atom. The molecule has 0 fully saturated rings. The van der Waals surface area contributed by atoms with E-state index in [1.165, 1.54) is 0 Å². The van der Waals surface area contributed by atoms with Crippen LogP contribution in [0.4, 0.5) is 0 Å². The number of hydroxylamine groups is 1. The van der Waals surface area contributed by atoms with Gasteiger partial charge in [-0.25, -0.2) is 0 Å². The van der Waals surface area contributed by atoms with Crippen molar-refractivity contribution in [2.45, 2.75) is 13.5 Å². The summed E-state index contributed by atoms with van der Waals surface area (Å²) in [6.07, 6.45) is 1.72. The Hall–Kier alpha value is -1.72. The SMILES string of the molecule is CCONCc1cnn(-c2ccccc2)n1. The maximum Gasteiger partial charge on any atom is 0.0993 e. The normalized spacial score (nSPS) is 10.6. The molecule has 1 aromatic heterocycles. The molecule has 1 aromatic carbocycles. The second-order valence-electron chi connectivity index (χ2n) is 3.22. The number of aromatic nitrogens is 3. The van der Waals surface area contributed by atoms with Gasteiger partial charge in [0, 0.05) is 0 Å². The fourth-order valence-electron chi connectivity index (χ4n) is 1.29. The van der Waals surface area contributed by atoms with Crippen molar-refractivity contribution in [1.82, 2.24) is 20.5 Å². The van der Waals surface area contributed by atoms with Crippen molar-refractivity contribution >= 4 is 0 Å². The van der Waals surface area contributed by atoms with E-state index in [1.807, 2.05) is 37.3 Å². The van der Waals surface area contributed by atoms with Crippen molar-refractivity contribution < 1.29 is 4.84 Å². The molecule has 0 saturated carbocycles. The highest BCUT2D eigenvalue weighted by Gasteiger charge is 2.01. The van der Waals surface area contributed by atoms with Crippen molar-refractivity contribution in [3.8, 4) is 5.69 Å². The molecule has 0 bridgehead atoms. The summed E-state index contributed by atoms with van der Waals surface area (Å²) in [7, 11) is 0. The van der Waals surface area contributed by atoms with E-state index in [2.05, 4.69) is 15.7 Å². The summed E-state index contributed by atoms with van der Waals surface area (Å²) in [6.45, 7) is 3.11. The monoisotopic (exact) mass is 218 g/mol. The molecule has 5 nitrogen and oxygen atoms in total. The number of nitrogens with zero attached hydrogens (tertiary/aromatic N) is 3. The third kappa shape index (κ3) is 2.65. The van der Waals surface area contributed by atoms with E-state index in [1.54, 1.807) is 11.0 Å². The molecule has 0 aliphatic heterocycles. The largest absolute Gasteiger partial charge is 0.302 e. The molecule has 0 unspecified atom stereocenters. The molecule has 0 aliphatic carbocycles. The standard InChI is InChI=1S/C11H14N4O/c1-2-16-13-9-10-8-12-15(14-10)11-6-4-3-5-7-11/h3-8,13H,2,9H2,1H3. The first kappa shape index (κ1) is 10.8. The highest BCUT2D eigenvalue weighted by atomic mass is 16.6. The molecule has 0 atom stereocenters. The average Bonchev–Trinajstić information content (AvgIpc) is 2.79. The lowest BCUT2D eigenvalue weighted by molar-refractivity contribution is 0.0455. The van der Waals surface area contributed by atoms with Crippen molar-refractivity contribution in [3.63, 3.8) is 0 Å². The van der Waals surface area contributed by atoms with Crippen LogP contribution in [-0.2, 0) is 11.4 Å². The second-order valence-corrected chi connectivity index (χ2v) is 3.22. The molecule has 0 radical (unpaired) electrons. The molecule has 0 spiro atoms. The van der Waals surface area contributed by atoms with E-state index >= 15 is 0 Å². The zero-order valence-electron chi connectivity index (χ0n) is 9.13. The summed E-state index contributed by atoms with van der Waals surface area (Å²) < 4.78 is 0. The van der Waals surface area contributed by atoms with Gasteiger partial charge in [0.25, 0.3) is 0 Å². The minimum Gasteiger partial charge on any atom is -0.302 e. The van der Waals surface area contributed by atoms with Gasteiger partial charge in [0.1, 0.15) is 0 Å². The number of hydrogen-bond donors (Lipinski definition) is 1. The van der Waals surface area contributed by atoms with Crippen molar-refractivity contribution in [1.29, 1.82) is 0 Å². The van der Waals surface area contributed by atoms with E-state index in [0.717, 1.165) is 11.4 Å². The summed E-state index contributed by atoms with van der Waals surface area (Å²) in [5.74, 6) is 0. The molecule has 84 valence electrons. The van der Waals surface area contributed by atoms with Gasteiger partial charge in [0.15, 0.2) is 0 Å². The van der Waals surface area contributed by atoms with Gasteiger partial charge in [-0.2, -0.15) is 20.5 Å². The molecule has 0 amide bonds. The summed E-state index contributed by atoms with van der Waals surface area (Å²) in [4.78, 5) is 6.63. The maximum atomic E-state index is 5.03. The molecule has 16 heavy (non-hydrogen) atoms. The molecular formula is C11H14N4O. The van der Waals surface area contributed by atoms with Gasteiger partial charge >= 0.3 is 0 Å². The Labute approximate surface area is 94.0 Å². The highest BCUT2D eigenvalue weighted by Crippen LogP contribution is 2.03. The van der Waals surface area contributed by atoms with Crippen LogP contribution in [-0.4, -0.2) is 21.6 Å². The van der Waals surface area contributed by atoms with Gasteiger partial charge in [-0.1, -0.05) is 18.2 Å². The van der Waals surface area contributed by atoms with E-state index < -0.39 is 0 Å². The Balaban J connectivity index is 2.02. The van der Waals surface area contributed by atoms with Crippen LogP contribution in [0.5, 0.6) is 0 Å². The summed E-state index contributed by atoms with van der Waals surface area (Å²) in [5.41, 5.74) is 4.59. The lowest BCUT2D eigenvalue weighted by Crippen LogP contribution is -2.14. The van der Waals surface area contributed by atoms with Crippen LogP contribution in [0, 0.1) is 0 Å². The highest BCUT2D eigenvalue weighted by molar-refractivity contribution is 5.28. The average molecular weight is 218 g/mol. The first-order valence-electron chi connectivity index (χ1n) is 5.21. The van der Waals surface area contributed by atoms with Crippen LogP contribution < -0.4 is 5.48 Å². The fraction of sp³-hybridized carbons (Fsp3) is 0.273. The maximum absolute atomic E-state index is 5.03. The second kappa shape index (κ2) is 5.39. The Morgan fingerprint density at radius 1 is 1.31 bits per heavy atom. The molecular weight excluding hydrogens is 204 g/mol. The van der Waals surface area contributed by atoms with E-state index in [4.69, 9.17) is 4.84 Å². The van der Waals surface area contributed by atoms with Crippen LogP contribution in [0.25, 0.3) is 5.69 Å². The molecule has 1 N–H and O–H groups in total. The minimum atomic E-state index is 0.556. The first-order valence-corrected chi connectivity index (χ1v) is 5.21. The Bertz CT molecular complexity index is 427. The smallest absolute Gasteiger partial charge is 0.0993 e. The quantitative estimate of drug-likeness (QED) is 0.607. The third-order valence-corrected chi connectivity index (χ3v) is 2.03. The molecule has 0 saturated heterocycles. The van der Waals surface area contributed by atoms with Crippen LogP contribution >= 0.6 is 0 Å². The summed E-state index contributed by atoms with van der Waals surface area (Å²) in [5, 5.41) is 8.49. The van der Waals surface area contributed by atoms with E-state index in [9.17, 15) is 0 Å². The van der Waals surface area contributed by atoms with Gasteiger partial charge in [0.2, 0.25) is 0 Å². The first-order chi connectivity index (χ1) is 7.90. The summed E-state index contributed by atoms with van der Waals surface area (Å²) >= 11 is 0. The zero-order valence-corrected chi connectivity index (χ0v) is 9.13. The Kier molecular flexibility index (Phi) is 3.63. The van der Waals surface area contributed by atoms with Crippen molar-refractivity contribution in [3.05, 3.63) is 42.2 Å². The predicted molar refractivity (Wildman–Crippen MR) is 59.8 cm³/mol. The fourth-order valence-corrected chi connectivity index (χ4v) is 1.29. The lowest BCUT2D eigenvalue weighted by Gasteiger charge is -1.99. The van der Waals surface area contributed by atoms with Crippen LogP contribution in [0.2, 0.25) is 0 Å². The molecule has 0 aliphatic rings. The van der Waals surface area contributed by atoms with Gasteiger partial charge in [-0.15, -0.1) is 0 Å².